The molecule has 4 rings (SSSR count). The number of nitrogens with zero attached hydrogens (tertiary/aromatic N) is 1. The van der Waals surface area contributed by atoms with Gasteiger partial charge >= 0.3 is 12.1 Å². The average molecular weight is 495 g/mol. The standard InChI is InChI=1S/C26H26N2O6S/c1-26(2,3)34-25(32)27-19-22(30)28-20(18(14-29)15-35-23(19)28)24(31)33-21(16-10-6-4-7-11-16)17-12-8-5-9-13-17/h4-15,19-21,23H,1-3H3,(H,27,32)/t19-,20-,23-/m1/s1. The molecule has 2 aliphatic heterocycles. The summed E-state index contributed by atoms with van der Waals surface area (Å²) < 4.78 is 11.2. The quantitative estimate of drug-likeness (QED) is 0.372. The van der Waals surface area contributed by atoms with Crippen molar-refractivity contribution in [2.75, 3.05) is 0 Å². The van der Waals surface area contributed by atoms with Gasteiger partial charge in [0.2, 0.25) is 5.91 Å². The van der Waals surface area contributed by atoms with E-state index in [-0.39, 0.29) is 5.57 Å². The number of β-lactam (4-membered cyclic amide) rings is 1. The Labute approximate surface area is 207 Å². The molecule has 0 spiro atoms. The third-order valence-electron chi connectivity index (χ3n) is 5.49. The maximum absolute atomic E-state index is 13.4. The molecule has 182 valence electrons. The van der Waals surface area contributed by atoms with E-state index in [1.54, 1.807) is 20.8 Å². The summed E-state index contributed by atoms with van der Waals surface area (Å²) in [5.74, 6) is -1.21. The lowest BCUT2D eigenvalue weighted by Crippen LogP contribution is -2.74. The number of carbonyl (C=O) groups excluding carboxylic acids is 4. The average Bonchev–Trinajstić information content (AvgIpc) is 2.84. The molecule has 2 aromatic carbocycles. The fraction of sp³-hybridized carbons (Fsp3) is 0.308. The lowest BCUT2D eigenvalue weighted by molar-refractivity contribution is -0.165. The molecule has 3 atom stereocenters. The smallest absolute Gasteiger partial charge is 0.408 e. The van der Waals surface area contributed by atoms with Crippen LogP contribution in [0.25, 0.3) is 0 Å². The van der Waals surface area contributed by atoms with Crippen molar-refractivity contribution in [3.63, 3.8) is 0 Å². The van der Waals surface area contributed by atoms with Crippen LogP contribution in [0.5, 0.6) is 0 Å². The van der Waals surface area contributed by atoms with Gasteiger partial charge in [0.25, 0.3) is 0 Å². The molecular weight excluding hydrogens is 468 g/mol. The minimum atomic E-state index is -1.21. The molecule has 1 saturated heterocycles. The number of hydrogen-bond acceptors (Lipinski definition) is 7. The Morgan fingerprint density at radius 3 is 2.11 bits per heavy atom. The maximum atomic E-state index is 13.4. The van der Waals surface area contributed by atoms with Crippen LogP contribution >= 0.6 is 11.8 Å². The number of amides is 2. The van der Waals surface area contributed by atoms with Crippen LogP contribution in [0.2, 0.25) is 0 Å². The van der Waals surface area contributed by atoms with Gasteiger partial charge in [0.15, 0.2) is 12.1 Å². The summed E-state index contributed by atoms with van der Waals surface area (Å²) >= 11 is 1.18. The molecule has 0 radical (unpaired) electrons. The number of fused-ring (bicyclic) bond motifs is 1. The normalized spacial score (nSPS) is 21.4. The van der Waals surface area contributed by atoms with Crippen LogP contribution in [0.1, 0.15) is 38.0 Å². The molecule has 9 heteroatoms. The first-order valence-corrected chi connectivity index (χ1v) is 12.1. The van der Waals surface area contributed by atoms with Gasteiger partial charge < -0.3 is 19.7 Å². The summed E-state index contributed by atoms with van der Waals surface area (Å²) in [4.78, 5) is 51.7. The molecule has 2 aliphatic rings. The van der Waals surface area contributed by atoms with E-state index in [1.165, 1.54) is 22.1 Å². The zero-order valence-corrected chi connectivity index (χ0v) is 20.4. The third-order valence-corrected chi connectivity index (χ3v) is 6.67. The molecule has 35 heavy (non-hydrogen) atoms. The molecule has 0 aromatic heterocycles. The van der Waals surface area contributed by atoms with E-state index < -0.39 is 47.1 Å². The van der Waals surface area contributed by atoms with Gasteiger partial charge in [-0.15, -0.1) is 11.8 Å². The van der Waals surface area contributed by atoms with E-state index in [4.69, 9.17) is 9.47 Å². The minimum absolute atomic E-state index is 0.125. The highest BCUT2D eigenvalue weighted by Gasteiger charge is 2.56. The van der Waals surface area contributed by atoms with Crippen molar-refractivity contribution in [2.24, 2.45) is 0 Å². The first-order valence-electron chi connectivity index (χ1n) is 11.1. The first-order chi connectivity index (χ1) is 16.7. The van der Waals surface area contributed by atoms with E-state index >= 15 is 0 Å². The van der Waals surface area contributed by atoms with Crippen molar-refractivity contribution in [2.45, 2.75) is 49.9 Å². The van der Waals surface area contributed by atoms with Crippen molar-refractivity contribution < 1.29 is 28.7 Å². The number of alkyl carbamates (subject to hydrolysis) is 1. The molecule has 2 heterocycles. The topological polar surface area (TPSA) is 102 Å². The molecule has 0 aliphatic carbocycles. The summed E-state index contributed by atoms with van der Waals surface area (Å²) in [5.41, 5.74) is 0.909. The molecule has 0 bridgehead atoms. The first kappa shape index (κ1) is 24.5. The van der Waals surface area contributed by atoms with Crippen molar-refractivity contribution in [3.05, 3.63) is 82.8 Å². The second-order valence-corrected chi connectivity index (χ2v) is 10.2. The minimum Gasteiger partial charge on any atom is -0.451 e. The number of nitrogens with one attached hydrogen (secondary N) is 1. The second-order valence-electron chi connectivity index (χ2n) is 9.17. The molecule has 0 saturated carbocycles. The highest BCUT2D eigenvalue weighted by Crippen LogP contribution is 2.40. The summed E-state index contributed by atoms with van der Waals surface area (Å²) in [6.07, 6.45) is -0.900. The monoisotopic (exact) mass is 494 g/mol. The van der Waals surface area contributed by atoms with Crippen LogP contribution < -0.4 is 5.32 Å². The summed E-state index contributed by atoms with van der Waals surface area (Å²) in [6.45, 7) is 5.16. The highest BCUT2D eigenvalue weighted by molar-refractivity contribution is 8.03. The van der Waals surface area contributed by atoms with Crippen LogP contribution in [-0.2, 0) is 23.9 Å². The van der Waals surface area contributed by atoms with Crippen molar-refractivity contribution in [3.8, 4) is 0 Å². The highest BCUT2D eigenvalue weighted by atomic mass is 32.2. The molecule has 1 fully saturated rings. The number of rotatable bonds is 6. The lowest BCUT2D eigenvalue weighted by atomic mass is 9.98. The van der Waals surface area contributed by atoms with Gasteiger partial charge in [-0.25, -0.2) is 9.59 Å². The Kier molecular flexibility index (Phi) is 6.98. The van der Waals surface area contributed by atoms with Gasteiger partial charge in [-0.1, -0.05) is 60.7 Å². The maximum Gasteiger partial charge on any atom is 0.408 e. The molecule has 2 aromatic rings. The largest absolute Gasteiger partial charge is 0.451 e. The van der Waals surface area contributed by atoms with Crippen molar-refractivity contribution in [1.29, 1.82) is 0 Å². The fourth-order valence-electron chi connectivity index (χ4n) is 3.95. The molecular formula is C26H26N2O6S. The molecule has 8 nitrogen and oxygen atoms in total. The van der Waals surface area contributed by atoms with E-state index in [0.717, 1.165) is 11.1 Å². The third kappa shape index (κ3) is 5.24. The Bertz CT molecular complexity index is 1110. The number of ether oxygens (including phenoxy) is 2. The van der Waals surface area contributed by atoms with Gasteiger partial charge in [0.1, 0.15) is 23.3 Å². The van der Waals surface area contributed by atoms with Crippen LogP contribution in [-0.4, -0.2) is 52.2 Å². The molecule has 2 amide bonds. The van der Waals surface area contributed by atoms with Gasteiger partial charge in [-0.2, -0.15) is 0 Å². The van der Waals surface area contributed by atoms with Crippen LogP contribution in [0.15, 0.2) is 71.6 Å². The number of aldehydes is 1. The molecule has 0 unspecified atom stereocenters. The predicted molar refractivity (Wildman–Crippen MR) is 130 cm³/mol. The fourth-order valence-corrected chi connectivity index (χ4v) is 5.13. The summed E-state index contributed by atoms with van der Waals surface area (Å²) in [5, 5.41) is 3.54. The second kappa shape index (κ2) is 9.95. The zero-order valence-electron chi connectivity index (χ0n) is 19.5. The van der Waals surface area contributed by atoms with Gasteiger partial charge in [0, 0.05) is 5.57 Å². The number of hydrogen-bond donors (Lipinski definition) is 1. The number of carbonyl (C=O) groups is 4. The Balaban J connectivity index is 1.56. The number of thioether (sulfide) groups is 1. The Morgan fingerprint density at radius 2 is 1.60 bits per heavy atom. The Hall–Kier alpha value is -3.59. The predicted octanol–water partition coefficient (Wildman–Crippen LogP) is 3.58. The van der Waals surface area contributed by atoms with E-state index in [9.17, 15) is 19.2 Å². The van der Waals surface area contributed by atoms with E-state index in [1.807, 2.05) is 60.7 Å². The number of benzene rings is 2. The Morgan fingerprint density at radius 1 is 1.03 bits per heavy atom. The van der Waals surface area contributed by atoms with Crippen molar-refractivity contribution >= 4 is 36.0 Å². The van der Waals surface area contributed by atoms with Gasteiger partial charge in [-0.05, 0) is 37.3 Å². The summed E-state index contributed by atoms with van der Waals surface area (Å²) in [6, 6.07) is 16.4. The van der Waals surface area contributed by atoms with E-state index in [0.29, 0.717) is 6.29 Å². The molecule has 1 N–H and O–H groups in total. The van der Waals surface area contributed by atoms with E-state index in [2.05, 4.69) is 5.32 Å². The van der Waals surface area contributed by atoms with Crippen LogP contribution in [0.3, 0.4) is 0 Å². The zero-order chi connectivity index (χ0) is 25.2. The van der Waals surface area contributed by atoms with Crippen LogP contribution in [0, 0.1) is 0 Å². The van der Waals surface area contributed by atoms with Crippen molar-refractivity contribution in [1.82, 2.24) is 10.2 Å². The van der Waals surface area contributed by atoms with Gasteiger partial charge in [0.05, 0.1) is 0 Å². The van der Waals surface area contributed by atoms with Gasteiger partial charge in [-0.3, -0.25) is 9.59 Å². The lowest BCUT2D eigenvalue weighted by Gasteiger charge is -2.51. The number of esters is 1. The SMILES string of the molecule is CC(C)(C)OC(=O)N[C@@H]1C(=O)N2[C@@H](C(=O)OC(c3ccccc3)c3ccccc3)C(C=O)=CS[C@H]12. The van der Waals surface area contributed by atoms with Crippen LogP contribution in [0.4, 0.5) is 4.79 Å². The summed E-state index contributed by atoms with van der Waals surface area (Å²) in [7, 11) is 0.